The van der Waals surface area contributed by atoms with E-state index in [0.717, 1.165) is 11.4 Å². The molecule has 0 bridgehead atoms. The largest absolute Gasteiger partial charge is 0.495 e. The van der Waals surface area contributed by atoms with Crippen LogP contribution in [0.5, 0.6) is 11.5 Å². The average molecular weight is 458 g/mol. The number of benzene rings is 3. The summed E-state index contributed by atoms with van der Waals surface area (Å²) < 4.78 is 49.8. The van der Waals surface area contributed by atoms with E-state index >= 15 is 0 Å². The summed E-state index contributed by atoms with van der Waals surface area (Å²) in [6.45, 7) is 1.29. The average Bonchev–Trinajstić information content (AvgIpc) is 3.23. The molecule has 1 aliphatic rings. The number of ether oxygens (including phenoxy) is 2. The van der Waals surface area contributed by atoms with Crippen molar-refractivity contribution in [3.63, 3.8) is 0 Å². The molecule has 1 aliphatic heterocycles. The summed E-state index contributed by atoms with van der Waals surface area (Å²) in [4.78, 5) is -0.0946. The number of rotatable bonds is 6. The van der Waals surface area contributed by atoms with E-state index in [4.69, 9.17) is 9.47 Å². The van der Waals surface area contributed by atoms with Crippen LogP contribution in [0.25, 0.3) is 0 Å². The zero-order valence-electron chi connectivity index (χ0n) is 17.2. The first-order valence-corrected chi connectivity index (χ1v) is 12.3. The number of hydrogen-bond donors (Lipinski definition) is 1. The van der Waals surface area contributed by atoms with Crippen molar-refractivity contribution in [1.29, 1.82) is 0 Å². The molecular weight excluding hydrogens is 435 g/mol. The van der Waals surface area contributed by atoms with Gasteiger partial charge in [-0.1, -0.05) is 36.4 Å². The normalized spacial score (nSPS) is 14.7. The summed E-state index contributed by atoms with van der Waals surface area (Å²) in [5.41, 5.74) is 1.72. The lowest BCUT2D eigenvalue weighted by atomic mass is 10.3. The molecule has 0 radical (unpaired) electrons. The molecule has 0 aromatic heterocycles. The molecule has 0 aliphatic carbocycles. The van der Waals surface area contributed by atoms with Crippen molar-refractivity contribution in [1.82, 2.24) is 0 Å². The third-order valence-corrected chi connectivity index (χ3v) is 8.70. The van der Waals surface area contributed by atoms with Gasteiger partial charge in [-0.2, -0.15) is 8.42 Å². The van der Waals surface area contributed by atoms with Crippen LogP contribution < -0.4 is 24.1 Å². The van der Waals surface area contributed by atoms with Gasteiger partial charge in [-0.3, -0.25) is 4.55 Å². The highest BCUT2D eigenvalue weighted by atomic mass is 32.2. The molecule has 7 nitrogen and oxygen atoms in total. The van der Waals surface area contributed by atoms with Crippen LogP contribution in [-0.4, -0.2) is 40.3 Å². The predicted molar refractivity (Wildman–Crippen MR) is 123 cm³/mol. The quantitative estimate of drug-likeness (QED) is 0.443. The fourth-order valence-corrected chi connectivity index (χ4v) is 7.48. The second kappa shape index (κ2) is 8.75. The summed E-state index contributed by atoms with van der Waals surface area (Å²) in [7, 11) is -2.57. The summed E-state index contributed by atoms with van der Waals surface area (Å²) in [5, 5.41) is 0.536. The third kappa shape index (κ3) is 4.06. The molecule has 1 fully saturated rings. The topological polar surface area (TPSA) is 79.3 Å². The third-order valence-electron chi connectivity index (χ3n) is 5.07. The van der Waals surface area contributed by atoms with Crippen LogP contribution in [0.4, 0.5) is 11.4 Å². The molecule has 1 N–H and O–H groups in total. The van der Waals surface area contributed by atoms with Crippen molar-refractivity contribution >= 4 is 35.0 Å². The summed E-state index contributed by atoms with van der Waals surface area (Å²) >= 11 is 0. The minimum absolute atomic E-state index is 0.0946. The molecule has 0 amide bonds. The molecule has 162 valence electrons. The molecular formula is C22H23N2O5PS. The molecule has 31 heavy (non-hydrogen) atoms. The van der Waals surface area contributed by atoms with Gasteiger partial charge in [0.05, 0.1) is 25.6 Å². The number of para-hydroxylation sites is 4. The van der Waals surface area contributed by atoms with Crippen LogP contribution in [-0.2, 0) is 10.1 Å². The van der Waals surface area contributed by atoms with Gasteiger partial charge in [0, 0.05) is 18.4 Å². The summed E-state index contributed by atoms with van der Waals surface area (Å²) in [6.07, 6.45) is 0. The van der Waals surface area contributed by atoms with Crippen LogP contribution in [0.15, 0.2) is 77.7 Å². The first-order chi connectivity index (χ1) is 15.0. The minimum atomic E-state index is -4.41. The van der Waals surface area contributed by atoms with E-state index in [2.05, 4.69) is 9.34 Å². The maximum atomic E-state index is 12.2. The summed E-state index contributed by atoms with van der Waals surface area (Å²) in [5.74, 6) is 1.39. The van der Waals surface area contributed by atoms with Gasteiger partial charge in [-0.05, 0) is 36.4 Å². The van der Waals surface area contributed by atoms with Crippen LogP contribution in [0.1, 0.15) is 0 Å². The Bertz CT molecular complexity index is 1130. The highest BCUT2D eigenvalue weighted by Crippen LogP contribution is 2.56. The molecule has 1 saturated heterocycles. The fourth-order valence-electron chi connectivity index (χ4n) is 3.74. The Kier molecular flexibility index (Phi) is 6.05. The van der Waals surface area contributed by atoms with E-state index in [0.29, 0.717) is 29.9 Å². The van der Waals surface area contributed by atoms with Gasteiger partial charge in [0.25, 0.3) is 10.1 Å². The molecule has 0 saturated carbocycles. The lowest BCUT2D eigenvalue weighted by Gasteiger charge is -2.34. The second-order valence-electron chi connectivity index (χ2n) is 6.82. The zero-order chi connectivity index (χ0) is 22.0. The Morgan fingerprint density at radius 2 is 1.23 bits per heavy atom. The lowest BCUT2D eigenvalue weighted by molar-refractivity contribution is 0.415. The van der Waals surface area contributed by atoms with Crippen LogP contribution in [0.3, 0.4) is 0 Å². The van der Waals surface area contributed by atoms with Gasteiger partial charge < -0.3 is 18.8 Å². The van der Waals surface area contributed by atoms with Crippen molar-refractivity contribution in [2.45, 2.75) is 4.90 Å². The van der Waals surface area contributed by atoms with E-state index in [9.17, 15) is 13.0 Å². The molecule has 0 atom stereocenters. The van der Waals surface area contributed by atoms with Crippen molar-refractivity contribution in [2.75, 3.05) is 36.6 Å². The Hall–Kier alpha value is -2.80. The number of hydrogen-bond acceptors (Lipinski definition) is 6. The van der Waals surface area contributed by atoms with E-state index in [-0.39, 0.29) is 4.90 Å². The van der Waals surface area contributed by atoms with Gasteiger partial charge >= 0.3 is 0 Å². The SMILES string of the molecule is COc1ccccc1N1CCN(c2ccccc2OC)P1c1ccccc1S(=O)(=O)O. The predicted octanol–water partition coefficient (Wildman–Crippen LogP) is 3.91. The van der Waals surface area contributed by atoms with E-state index in [1.165, 1.54) is 6.07 Å². The summed E-state index contributed by atoms with van der Waals surface area (Å²) in [6, 6.07) is 21.9. The smallest absolute Gasteiger partial charge is 0.295 e. The van der Waals surface area contributed by atoms with Crippen LogP contribution in [0, 0.1) is 0 Å². The highest BCUT2D eigenvalue weighted by Gasteiger charge is 2.39. The standard InChI is InChI=1S/C22H23N2O5PS/c1-28-19-11-5-3-9-17(19)23-15-16-24(18-10-4-6-12-20(18)29-2)30(23)21-13-7-8-14-22(21)31(25,26)27/h3-14H,15-16H2,1-2H3,(H,25,26,27). The highest BCUT2D eigenvalue weighted by molar-refractivity contribution is 7.87. The van der Waals surface area contributed by atoms with E-state index in [1.807, 2.05) is 48.5 Å². The van der Waals surface area contributed by atoms with Crippen molar-refractivity contribution in [3.05, 3.63) is 72.8 Å². The monoisotopic (exact) mass is 458 g/mol. The molecule has 0 unspecified atom stereocenters. The molecule has 0 spiro atoms. The number of anilines is 2. The van der Waals surface area contributed by atoms with E-state index in [1.54, 1.807) is 32.4 Å². The number of nitrogens with zero attached hydrogens (tertiary/aromatic N) is 2. The van der Waals surface area contributed by atoms with E-state index < -0.39 is 18.3 Å². The molecule has 4 rings (SSSR count). The van der Waals surface area contributed by atoms with Gasteiger partial charge in [0.2, 0.25) is 0 Å². The first-order valence-electron chi connectivity index (χ1n) is 9.63. The minimum Gasteiger partial charge on any atom is -0.495 e. The maximum absolute atomic E-state index is 12.2. The Labute approximate surface area is 183 Å². The Morgan fingerprint density at radius 3 is 1.71 bits per heavy atom. The van der Waals surface area contributed by atoms with Gasteiger partial charge in [0.15, 0.2) is 0 Å². The molecule has 3 aromatic rings. The molecule has 1 heterocycles. The fraction of sp³-hybridized carbons (Fsp3) is 0.182. The van der Waals surface area contributed by atoms with Crippen LogP contribution in [0.2, 0.25) is 0 Å². The lowest BCUT2D eigenvalue weighted by Crippen LogP contribution is -2.27. The van der Waals surface area contributed by atoms with Crippen molar-refractivity contribution in [2.24, 2.45) is 0 Å². The zero-order valence-corrected chi connectivity index (χ0v) is 18.9. The first kappa shape index (κ1) is 21.4. The van der Waals surface area contributed by atoms with Crippen molar-refractivity contribution < 1.29 is 22.4 Å². The van der Waals surface area contributed by atoms with Gasteiger partial charge in [-0.15, -0.1) is 0 Å². The Balaban J connectivity index is 1.93. The molecule has 3 aromatic carbocycles. The maximum Gasteiger partial charge on any atom is 0.295 e. The molecule has 9 heteroatoms. The number of methoxy groups -OCH3 is 2. The van der Waals surface area contributed by atoms with Gasteiger partial charge in [-0.25, -0.2) is 0 Å². The second-order valence-corrected chi connectivity index (χ2v) is 10.2. The van der Waals surface area contributed by atoms with Crippen LogP contribution >= 0.6 is 8.22 Å². The Morgan fingerprint density at radius 1 is 0.774 bits per heavy atom. The van der Waals surface area contributed by atoms with Gasteiger partial charge in [0.1, 0.15) is 24.6 Å². The van der Waals surface area contributed by atoms with Crippen molar-refractivity contribution in [3.8, 4) is 11.5 Å².